The van der Waals surface area contributed by atoms with Crippen LogP contribution in [-0.4, -0.2) is 62.4 Å². The van der Waals surface area contributed by atoms with E-state index in [2.05, 4.69) is 53.8 Å². The molecule has 8 nitrogen and oxygen atoms in total. The number of carbonyl (C=O) groups is 2. The van der Waals surface area contributed by atoms with E-state index >= 15 is 0 Å². The lowest BCUT2D eigenvalue weighted by Crippen LogP contribution is -2.36. The van der Waals surface area contributed by atoms with Crippen molar-refractivity contribution in [2.75, 3.05) is 24.5 Å². The van der Waals surface area contributed by atoms with Crippen LogP contribution >= 0.6 is 11.3 Å². The first-order chi connectivity index (χ1) is 18.8. The van der Waals surface area contributed by atoms with Gasteiger partial charge in [-0.3, -0.25) is 14.5 Å². The Hall–Kier alpha value is -3.17. The van der Waals surface area contributed by atoms with Crippen LogP contribution in [0.4, 0.5) is 5.82 Å². The number of thiazole rings is 1. The minimum absolute atomic E-state index is 0. The molecule has 1 N–H and O–H groups in total. The number of ketones is 1. The molecule has 0 amide bonds. The number of carboxylic acids is 1. The van der Waals surface area contributed by atoms with Crippen molar-refractivity contribution in [1.29, 1.82) is 0 Å². The number of nitrogens with zero attached hydrogens (tertiary/aromatic N) is 5. The summed E-state index contributed by atoms with van der Waals surface area (Å²) in [5, 5.41) is 10.0. The maximum Gasteiger partial charge on any atom is 0.306 e. The monoisotopic (exact) mass is 563 g/mol. The van der Waals surface area contributed by atoms with Crippen LogP contribution in [0.1, 0.15) is 78.0 Å². The highest BCUT2D eigenvalue weighted by molar-refractivity contribution is 7.12. The lowest BCUT2D eigenvalue weighted by atomic mass is 9.97. The highest BCUT2D eigenvalue weighted by atomic mass is 32.1. The van der Waals surface area contributed by atoms with E-state index in [1.54, 1.807) is 17.5 Å². The average molecular weight is 564 g/mol. The molecule has 9 heteroatoms. The number of aryl methyl sites for hydroxylation is 2. The topological polar surface area (TPSA) is 99.5 Å². The number of aromatic nitrogens is 3. The van der Waals surface area contributed by atoms with Gasteiger partial charge in [-0.2, -0.15) is 0 Å². The van der Waals surface area contributed by atoms with Crippen molar-refractivity contribution in [3.8, 4) is 11.3 Å². The number of likely N-dealkylation sites (tertiary alicyclic amines) is 1. The highest BCUT2D eigenvalue weighted by Crippen LogP contribution is 2.33. The van der Waals surface area contributed by atoms with Gasteiger partial charge in [0.2, 0.25) is 0 Å². The van der Waals surface area contributed by atoms with E-state index in [4.69, 9.17) is 4.98 Å². The number of rotatable bonds is 9. The molecule has 0 saturated carbocycles. The van der Waals surface area contributed by atoms with Gasteiger partial charge in [-0.05, 0) is 69.7 Å². The van der Waals surface area contributed by atoms with Crippen LogP contribution in [0.25, 0.3) is 11.3 Å². The van der Waals surface area contributed by atoms with Crippen molar-refractivity contribution in [1.82, 2.24) is 19.9 Å². The van der Waals surface area contributed by atoms with E-state index in [0.29, 0.717) is 43.5 Å². The molecule has 0 radical (unpaired) electrons. The Labute approximate surface area is 241 Å². The van der Waals surface area contributed by atoms with Crippen LogP contribution in [0, 0.1) is 19.8 Å². The van der Waals surface area contributed by atoms with E-state index in [1.165, 1.54) is 35.0 Å². The summed E-state index contributed by atoms with van der Waals surface area (Å²) in [6.07, 6.45) is 8.15. The van der Waals surface area contributed by atoms with Gasteiger partial charge in [0, 0.05) is 36.1 Å². The summed E-state index contributed by atoms with van der Waals surface area (Å²) in [7, 11) is 0. The zero-order valence-electron chi connectivity index (χ0n) is 23.0. The first-order valence-corrected chi connectivity index (χ1v) is 14.8. The fraction of sp³-hybridized carbons (Fsp3) is 0.516. The van der Waals surface area contributed by atoms with Crippen molar-refractivity contribution in [2.24, 2.45) is 5.92 Å². The van der Waals surface area contributed by atoms with Crippen molar-refractivity contribution in [3.63, 3.8) is 0 Å². The largest absolute Gasteiger partial charge is 0.481 e. The van der Waals surface area contributed by atoms with E-state index < -0.39 is 5.97 Å². The lowest BCUT2D eigenvalue weighted by molar-refractivity contribution is -0.142. The SMILES string of the molecule is C.CC[C@@H]1CCCN1Cc1sc(CC(=O)c2cnc(N3CCC(C(=O)O)CC3)cn2)nc1-c1ccc(C)c(C)c1. The first kappa shape index (κ1) is 29.8. The molecule has 2 aromatic heterocycles. The Morgan fingerprint density at radius 1 is 1.05 bits per heavy atom. The van der Waals surface area contributed by atoms with Crippen molar-refractivity contribution in [2.45, 2.75) is 79.3 Å². The molecular weight excluding hydrogens is 522 g/mol. The Kier molecular flexibility index (Phi) is 9.68. The average Bonchev–Trinajstić information content (AvgIpc) is 3.57. The van der Waals surface area contributed by atoms with E-state index in [-0.39, 0.29) is 25.5 Å². The molecule has 40 heavy (non-hydrogen) atoms. The van der Waals surface area contributed by atoms with Gasteiger partial charge in [0.05, 0.1) is 30.4 Å². The van der Waals surface area contributed by atoms with Gasteiger partial charge < -0.3 is 10.0 Å². The van der Waals surface area contributed by atoms with Gasteiger partial charge in [-0.25, -0.2) is 15.0 Å². The molecule has 0 bridgehead atoms. The predicted molar refractivity (Wildman–Crippen MR) is 160 cm³/mol. The van der Waals surface area contributed by atoms with E-state index in [9.17, 15) is 14.7 Å². The van der Waals surface area contributed by atoms with Gasteiger partial charge in [-0.15, -0.1) is 11.3 Å². The molecule has 1 aromatic carbocycles. The van der Waals surface area contributed by atoms with Crippen molar-refractivity contribution < 1.29 is 14.7 Å². The van der Waals surface area contributed by atoms with Crippen LogP contribution in [-0.2, 0) is 17.8 Å². The maximum absolute atomic E-state index is 13.2. The molecule has 2 aliphatic rings. The third-order valence-corrected chi connectivity index (χ3v) is 9.28. The van der Waals surface area contributed by atoms with Crippen LogP contribution in [0.3, 0.4) is 0 Å². The molecule has 2 aliphatic heterocycles. The van der Waals surface area contributed by atoms with E-state index in [0.717, 1.165) is 35.8 Å². The van der Waals surface area contributed by atoms with Crippen LogP contribution in [0.15, 0.2) is 30.6 Å². The first-order valence-electron chi connectivity index (χ1n) is 14.0. The highest BCUT2D eigenvalue weighted by Gasteiger charge is 2.27. The number of piperidine rings is 1. The Bertz CT molecular complexity index is 1330. The molecule has 2 fully saturated rings. The third-order valence-electron chi connectivity index (χ3n) is 8.24. The molecule has 0 spiro atoms. The Morgan fingerprint density at radius 2 is 1.82 bits per heavy atom. The molecule has 0 unspecified atom stereocenters. The molecule has 214 valence electrons. The number of carboxylic acid groups (broad SMARTS) is 1. The van der Waals surface area contributed by atoms with Crippen LogP contribution < -0.4 is 4.90 Å². The number of benzene rings is 1. The van der Waals surface area contributed by atoms with Gasteiger partial charge in [-0.1, -0.05) is 26.5 Å². The predicted octanol–water partition coefficient (Wildman–Crippen LogP) is 5.95. The number of Topliss-reactive ketones (excluding diaryl/α,β-unsaturated/α-hetero) is 1. The third kappa shape index (κ3) is 6.58. The summed E-state index contributed by atoms with van der Waals surface area (Å²) < 4.78 is 0. The molecular formula is C31H41N5O3S. The second kappa shape index (κ2) is 13.0. The van der Waals surface area contributed by atoms with Gasteiger partial charge in [0.25, 0.3) is 0 Å². The normalized spacial score (nSPS) is 18.1. The second-order valence-electron chi connectivity index (χ2n) is 10.8. The van der Waals surface area contributed by atoms with Crippen LogP contribution in [0.5, 0.6) is 0 Å². The molecule has 4 heterocycles. The van der Waals surface area contributed by atoms with Gasteiger partial charge in [0.1, 0.15) is 16.5 Å². The number of aliphatic carboxylic acids is 1. The summed E-state index contributed by atoms with van der Waals surface area (Å²) in [6.45, 7) is 9.71. The Morgan fingerprint density at radius 3 is 2.48 bits per heavy atom. The van der Waals surface area contributed by atoms with Gasteiger partial charge >= 0.3 is 5.97 Å². The van der Waals surface area contributed by atoms with E-state index in [1.807, 2.05) is 4.90 Å². The number of hydrogen-bond donors (Lipinski definition) is 1. The van der Waals surface area contributed by atoms with Gasteiger partial charge in [0.15, 0.2) is 5.78 Å². The number of hydrogen-bond acceptors (Lipinski definition) is 8. The number of carbonyl (C=O) groups excluding carboxylic acids is 1. The molecule has 3 aromatic rings. The molecule has 5 rings (SSSR count). The summed E-state index contributed by atoms with van der Waals surface area (Å²) >= 11 is 1.64. The maximum atomic E-state index is 13.2. The quantitative estimate of drug-likeness (QED) is 0.319. The smallest absolute Gasteiger partial charge is 0.306 e. The summed E-state index contributed by atoms with van der Waals surface area (Å²) in [4.78, 5) is 44.1. The zero-order chi connectivity index (χ0) is 27.5. The Balaban J connectivity index is 0.00000370. The molecule has 2 saturated heterocycles. The molecule has 1 atom stereocenters. The summed E-state index contributed by atoms with van der Waals surface area (Å²) in [6, 6.07) is 7.08. The minimum atomic E-state index is -0.738. The fourth-order valence-electron chi connectivity index (χ4n) is 5.66. The lowest BCUT2D eigenvalue weighted by Gasteiger charge is -2.30. The summed E-state index contributed by atoms with van der Waals surface area (Å²) in [5.74, 6) is -0.457. The fourth-order valence-corrected chi connectivity index (χ4v) is 6.77. The second-order valence-corrected chi connectivity index (χ2v) is 12.0. The van der Waals surface area contributed by atoms with Crippen molar-refractivity contribution in [3.05, 3.63) is 57.3 Å². The minimum Gasteiger partial charge on any atom is -0.481 e. The molecule has 0 aliphatic carbocycles. The van der Waals surface area contributed by atoms with Crippen molar-refractivity contribution >= 4 is 28.9 Å². The standard InChI is InChI=1S/C30H37N5O3S.CH4/c1-4-23-6-5-11-35(23)18-26-29(22-8-7-19(2)20(3)14-22)33-28(39-26)15-25(36)24-16-32-27(17-31-24)34-12-9-21(10-13-34)30(37)38;/h7-8,14,16-17,21,23H,4-6,9-13,15,18H2,1-3H3,(H,37,38);1H4/t23-;/m1./s1. The number of anilines is 1. The summed E-state index contributed by atoms with van der Waals surface area (Å²) in [5.41, 5.74) is 4.91. The van der Waals surface area contributed by atoms with Crippen LogP contribution in [0.2, 0.25) is 0 Å². The zero-order valence-corrected chi connectivity index (χ0v) is 23.8.